The molecule has 2 rings (SSSR count). The molecule has 2 atom stereocenters. The maximum atomic E-state index is 12.2. The SMILES string of the molecule is CC1CCCC1C(=O)c1ccc(N)c(Cl)c1. The van der Waals surface area contributed by atoms with E-state index in [0.717, 1.165) is 19.3 Å². The van der Waals surface area contributed by atoms with Crippen LogP contribution in [0.4, 0.5) is 5.69 Å². The lowest BCUT2D eigenvalue weighted by Gasteiger charge is -2.14. The number of hydrogen-bond acceptors (Lipinski definition) is 2. The van der Waals surface area contributed by atoms with E-state index in [1.807, 2.05) is 0 Å². The standard InChI is InChI=1S/C13H16ClNO/c1-8-3-2-4-10(8)13(16)9-5-6-12(15)11(14)7-9/h5-8,10H,2-4,15H2,1H3. The summed E-state index contributed by atoms with van der Waals surface area (Å²) in [6.07, 6.45) is 3.31. The molecule has 2 N–H and O–H groups in total. The molecule has 1 aromatic rings. The normalized spacial score (nSPS) is 24.6. The first-order valence-electron chi connectivity index (χ1n) is 5.69. The fourth-order valence-corrected chi connectivity index (χ4v) is 2.61. The number of anilines is 1. The van der Waals surface area contributed by atoms with Gasteiger partial charge in [-0.05, 0) is 37.0 Å². The number of ketones is 1. The molecule has 0 spiro atoms. The van der Waals surface area contributed by atoms with Crippen LogP contribution in [0, 0.1) is 11.8 Å². The molecule has 0 heterocycles. The van der Waals surface area contributed by atoms with Crippen LogP contribution in [0.15, 0.2) is 18.2 Å². The second-order valence-electron chi connectivity index (χ2n) is 4.62. The number of hydrogen-bond donors (Lipinski definition) is 1. The quantitative estimate of drug-likeness (QED) is 0.632. The zero-order valence-corrected chi connectivity index (χ0v) is 10.1. The van der Waals surface area contributed by atoms with Gasteiger partial charge in [-0.2, -0.15) is 0 Å². The number of Topliss-reactive ketones (excluding diaryl/α,β-unsaturated/α-hetero) is 1. The Morgan fingerprint density at radius 1 is 1.44 bits per heavy atom. The van der Waals surface area contributed by atoms with Gasteiger partial charge < -0.3 is 5.73 Å². The van der Waals surface area contributed by atoms with Gasteiger partial charge in [0.15, 0.2) is 5.78 Å². The van der Waals surface area contributed by atoms with Crippen LogP contribution in [0.3, 0.4) is 0 Å². The van der Waals surface area contributed by atoms with Gasteiger partial charge in [0.1, 0.15) is 0 Å². The maximum Gasteiger partial charge on any atom is 0.166 e. The van der Waals surface area contributed by atoms with Crippen LogP contribution in [-0.4, -0.2) is 5.78 Å². The van der Waals surface area contributed by atoms with E-state index in [-0.39, 0.29) is 11.7 Å². The Bertz CT molecular complexity index is 416. The number of carbonyl (C=O) groups is 1. The Morgan fingerprint density at radius 3 is 2.75 bits per heavy atom. The fourth-order valence-electron chi connectivity index (χ4n) is 2.43. The van der Waals surface area contributed by atoms with E-state index in [9.17, 15) is 4.79 Å². The predicted molar refractivity (Wildman–Crippen MR) is 66.7 cm³/mol. The Balaban J connectivity index is 2.23. The lowest BCUT2D eigenvalue weighted by Crippen LogP contribution is -2.17. The van der Waals surface area contributed by atoms with Gasteiger partial charge in [0.25, 0.3) is 0 Å². The highest BCUT2D eigenvalue weighted by molar-refractivity contribution is 6.33. The van der Waals surface area contributed by atoms with Crippen LogP contribution in [-0.2, 0) is 0 Å². The minimum atomic E-state index is 0.166. The fraction of sp³-hybridized carbons (Fsp3) is 0.462. The molecule has 86 valence electrons. The molecule has 1 aliphatic rings. The van der Waals surface area contributed by atoms with E-state index in [4.69, 9.17) is 17.3 Å². The summed E-state index contributed by atoms with van der Waals surface area (Å²) in [5.74, 6) is 0.871. The van der Waals surface area contributed by atoms with E-state index >= 15 is 0 Å². The third kappa shape index (κ3) is 2.07. The Hall–Kier alpha value is -1.02. The van der Waals surface area contributed by atoms with Crippen molar-refractivity contribution in [3.63, 3.8) is 0 Å². The first-order chi connectivity index (χ1) is 7.59. The van der Waals surface area contributed by atoms with Crippen LogP contribution < -0.4 is 5.73 Å². The Labute approximate surface area is 101 Å². The van der Waals surface area contributed by atoms with Crippen molar-refractivity contribution >= 4 is 23.1 Å². The van der Waals surface area contributed by atoms with Crippen molar-refractivity contribution in [2.75, 3.05) is 5.73 Å². The van der Waals surface area contributed by atoms with Crippen LogP contribution >= 0.6 is 11.6 Å². The van der Waals surface area contributed by atoms with Crippen LogP contribution in [0.5, 0.6) is 0 Å². The minimum Gasteiger partial charge on any atom is -0.398 e. The number of carbonyl (C=O) groups excluding carboxylic acids is 1. The molecule has 2 unspecified atom stereocenters. The topological polar surface area (TPSA) is 43.1 Å². The molecular weight excluding hydrogens is 222 g/mol. The molecule has 1 saturated carbocycles. The predicted octanol–water partition coefficient (Wildman–Crippen LogP) is 3.54. The summed E-state index contributed by atoms with van der Waals surface area (Å²) in [7, 11) is 0. The second kappa shape index (κ2) is 4.46. The number of rotatable bonds is 2. The summed E-state index contributed by atoms with van der Waals surface area (Å²) < 4.78 is 0. The van der Waals surface area contributed by atoms with E-state index < -0.39 is 0 Å². The lowest BCUT2D eigenvalue weighted by atomic mass is 9.89. The summed E-state index contributed by atoms with van der Waals surface area (Å²) in [6.45, 7) is 2.15. The summed E-state index contributed by atoms with van der Waals surface area (Å²) in [4.78, 5) is 12.2. The van der Waals surface area contributed by atoms with Gasteiger partial charge in [0, 0.05) is 11.5 Å². The van der Waals surface area contributed by atoms with E-state index in [0.29, 0.717) is 22.2 Å². The first-order valence-corrected chi connectivity index (χ1v) is 6.06. The molecule has 1 aliphatic carbocycles. The van der Waals surface area contributed by atoms with Crippen LogP contribution in [0.2, 0.25) is 5.02 Å². The van der Waals surface area contributed by atoms with Gasteiger partial charge in [-0.15, -0.1) is 0 Å². The van der Waals surface area contributed by atoms with Gasteiger partial charge in [-0.3, -0.25) is 4.79 Å². The average molecular weight is 238 g/mol. The van der Waals surface area contributed by atoms with Crippen molar-refractivity contribution in [3.8, 4) is 0 Å². The van der Waals surface area contributed by atoms with E-state index in [2.05, 4.69) is 6.92 Å². The smallest absolute Gasteiger partial charge is 0.166 e. The zero-order valence-electron chi connectivity index (χ0n) is 9.37. The summed E-state index contributed by atoms with van der Waals surface area (Å²) in [5.41, 5.74) is 6.84. The molecule has 1 aromatic carbocycles. The molecule has 2 nitrogen and oxygen atoms in total. The molecule has 0 amide bonds. The molecule has 0 bridgehead atoms. The molecule has 1 fully saturated rings. The molecule has 0 aliphatic heterocycles. The number of benzene rings is 1. The van der Waals surface area contributed by atoms with Crippen molar-refractivity contribution in [3.05, 3.63) is 28.8 Å². The van der Waals surface area contributed by atoms with Gasteiger partial charge in [0.2, 0.25) is 0 Å². The van der Waals surface area contributed by atoms with Crippen molar-refractivity contribution in [2.24, 2.45) is 11.8 Å². The van der Waals surface area contributed by atoms with Crippen molar-refractivity contribution in [2.45, 2.75) is 26.2 Å². The highest BCUT2D eigenvalue weighted by Crippen LogP contribution is 2.34. The molecule has 16 heavy (non-hydrogen) atoms. The Morgan fingerprint density at radius 2 is 2.19 bits per heavy atom. The number of nitrogen functional groups attached to an aromatic ring is 1. The molecule has 0 saturated heterocycles. The van der Waals surface area contributed by atoms with Gasteiger partial charge in [-0.1, -0.05) is 24.9 Å². The third-order valence-electron chi connectivity index (χ3n) is 3.48. The number of nitrogens with two attached hydrogens (primary N) is 1. The number of halogens is 1. The van der Waals surface area contributed by atoms with Crippen molar-refractivity contribution < 1.29 is 4.79 Å². The summed E-state index contributed by atoms with van der Waals surface area (Å²) >= 11 is 5.92. The highest BCUT2D eigenvalue weighted by Gasteiger charge is 2.30. The summed E-state index contributed by atoms with van der Waals surface area (Å²) in [5, 5.41) is 0.469. The Kier molecular flexibility index (Phi) is 3.20. The zero-order chi connectivity index (χ0) is 11.7. The molecular formula is C13H16ClNO. The van der Waals surface area contributed by atoms with Crippen molar-refractivity contribution in [1.29, 1.82) is 0 Å². The van der Waals surface area contributed by atoms with Gasteiger partial charge >= 0.3 is 0 Å². The highest BCUT2D eigenvalue weighted by atomic mass is 35.5. The average Bonchev–Trinajstić information content (AvgIpc) is 2.67. The molecule has 0 radical (unpaired) electrons. The maximum absolute atomic E-state index is 12.2. The lowest BCUT2D eigenvalue weighted by molar-refractivity contribution is 0.0897. The monoisotopic (exact) mass is 237 g/mol. The van der Waals surface area contributed by atoms with E-state index in [1.165, 1.54) is 0 Å². The third-order valence-corrected chi connectivity index (χ3v) is 3.81. The molecule has 0 aromatic heterocycles. The largest absolute Gasteiger partial charge is 0.398 e. The van der Waals surface area contributed by atoms with E-state index in [1.54, 1.807) is 18.2 Å². The van der Waals surface area contributed by atoms with Crippen LogP contribution in [0.25, 0.3) is 0 Å². The van der Waals surface area contributed by atoms with Gasteiger partial charge in [0.05, 0.1) is 10.7 Å². The van der Waals surface area contributed by atoms with Crippen LogP contribution in [0.1, 0.15) is 36.5 Å². The summed E-state index contributed by atoms with van der Waals surface area (Å²) in [6, 6.07) is 5.16. The van der Waals surface area contributed by atoms with Crippen molar-refractivity contribution in [1.82, 2.24) is 0 Å². The first kappa shape index (κ1) is 11.5. The van der Waals surface area contributed by atoms with Gasteiger partial charge in [-0.25, -0.2) is 0 Å². The minimum absolute atomic E-state index is 0.166. The second-order valence-corrected chi connectivity index (χ2v) is 5.02. The molecule has 3 heteroatoms.